The molecule has 7 nitrogen and oxygen atoms in total. The number of aromatic nitrogens is 2. The molecule has 1 aliphatic heterocycles. The topological polar surface area (TPSA) is 96.5 Å². The summed E-state index contributed by atoms with van der Waals surface area (Å²) in [5.74, 6) is 0.416. The predicted octanol–water partition coefficient (Wildman–Crippen LogP) is 1.41. The number of carboxylic acids is 1. The molecular formula is C14H21N3O4. The number of carboxylic acid groups (broad SMARTS) is 1. The number of nitrogens with zero attached hydrogens (tertiary/aromatic N) is 3. The van der Waals surface area contributed by atoms with Gasteiger partial charge in [-0.05, 0) is 32.1 Å². The number of carbonyl (C=O) groups excluding carboxylic acids is 1. The van der Waals surface area contributed by atoms with Crippen molar-refractivity contribution in [2.75, 3.05) is 6.54 Å². The normalized spacial score (nSPS) is 22.3. The van der Waals surface area contributed by atoms with Gasteiger partial charge in [-0.15, -0.1) is 0 Å². The van der Waals surface area contributed by atoms with Gasteiger partial charge in [0.25, 0.3) is 0 Å². The number of amides is 1. The minimum atomic E-state index is -0.914. The Balaban J connectivity index is 1.85. The molecule has 1 saturated heterocycles. The number of aryl methyl sites for hydroxylation is 2. The van der Waals surface area contributed by atoms with Gasteiger partial charge in [0.15, 0.2) is 5.82 Å². The Labute approximate surface area is 123 Å². The summed E-state index contributed by atoms with van der Waals surface area (Å²) < 4.78 is 4.98. The summed E-state index contributed by atoms with van der Waals surface area (Å²) in [6, 6.07) is -0.688. The third-order valence-corrected chi connectivity index (χ3v) is 3.82. The fraction of sp³-hybridized carbons (Fsp3) is 0.714. The van der Waals surface area contributed by atoms with E-state index in [9.17, 15) is 14.7 Å². The van der Waals surface area contributed by atoms with Gasteiger partial charge in [-0.25, -0.2) is 4.79 Å². The van der Waals surface area contributed by atoms with Gasteiger partial charge in [-0.1, -0.05) is 12.1 Å². The van der Waals surface area contributed by atoms with Crippen molar-refractivity contribution in [3.63, 3.8) is 0 Å². The van der Waals surface area contributed by atoms with Crippen LogP contribution in [0, 0.1) is 12.8 Å². The van der Waals surface area contributed by atoms with Crippen molar-refractivity contribution in [3.05, 3.63) is 11.7 Å². The highest BCUT2D eigenvalue weighted by Crippen LogP contribution is 2.23. The van der Waals surface area contributed by atoms with E-state index < -0.39 is 12.0 Å². The van der Waals surface area contributed by atoms with Gasteiger partial charge >= 0.3 is 5.97 Å². The SMILES string of the molecule is Cc1noc(CCCC(=O)N2CCC(C)CC2C(=O)O)n1. The first kappa shape index (κ1) is 15.5. The lowest BCUT2D eigenvalue weighted by Gasteiger charge is -2.36. The molecule has 7 heteroatoms. The molecule has 2 heterocycles. The van der Waals surface area contributed by atoms with Crippen molar-refractivity contribution in [2.45, 2.75) is 52.0 Å². The summed E-state index contributed by atoms with van der Waals surface area (Å²) in [5.41, 5.74) is 0. The van der Waals surface area contributed by atoms with E-state index >= 15 is 0 Å². The fourth-order valence-corrected chi connectivity index (χ4v) is 2.65. The lowest BCUT2D eigenvalue weighted by molar-refractivity contribution is -0.153. The van der Waals surface area contributed by atoms with Crippen LogP contribution in [-0.2, 0) is 16.0 Å². The molecule has 0 bridgehead atoms. The van der Waals surface area contributed by atoms with Crippen molar-refractivity contribution < 1.29 is 19.2 Å². The molecule has 1 aromatic heterocycles. The number of hydrogen-bond acceptors (Lipinski definition) is 5. The molecule has 1 fully saturated rings. The maximum Gasteiger partial charge on any atom is 0.326 e. The van der Waals surface area contributed by atoms with Crippen molar-refractivity contribution in [2.24, 2.45) is 5.92 Å². The second-order valence-corrected chi connectivity index (χ2v) is 5.66. The van der Waals surface area contributed by atoms with Crippen LogP contribution in [-0.4, -0.2) is 44.6 Å². The smallest absolute Gasteiger partial charge is 0.326 e. The first-order chi connectivity index (χ1) is 9.97. The lowest BCUT2D eigenvalue weighted by Crippen LogP contribution is -2.49. The van der Waals surface area contributed by atoms with E-state index in [1.807, 2.05) is 6.92 Å². The van der Waals surface area contributed by atoms with Crippen molar-refractivity contribution in [1.82, 2.24) is 15.0 Å². The molecule has 0 aliphatic carbocycles. The zero-order chi connectivity index (χ0) is 15.4. The van der Waals surface area contributed by atoms with Crippen LogP contribution >= 0.6 is 0 Å². The van der Waals surface area contributed by atoms with Crippen LogP contribution in [0.15, 0.2) is 4.52 Å². The fourth-order valence-electron chi connectivity index (χ4n) is 2.65. The van der Waals surface area contributed by atoms with Crippen LogP contribution in [0.5, 0.6) is 0 Å². The van der Waals surface area contributed by atoms with Crippen LogP contribution in [0.25, 0.3) is 0 Å². The summed E-state index contributed by atoms with van der Waals surface area (Å²) in [6.07, 6.45) is 2.81. The Morgan fingerprint density at radius 2 is 2.24 bits per heavy atom. The predicted molar refractivity (Wildman–Crippen MR) is 73.5 cm³/mol. The van der Waals surface area contributed by atoms with E-state index in [2.05, 4.69) is 10.1 Å². The summed E-state index contributed by atoms with van der Waals surface area (Å²) in [4.78, 5) is 29.1. The number of rotatable bonds is 5. The number of carbonyl (C=O) groups is 2. The van der Waals surface area contributed by atoms with Crippen molar-refractivity contribution >= 4 is 11.9 Å². The average molecular weight is 295 g/mol. The molecule has 0 spiro atoms. The Kier molecular flexibility index (Phi) is 4.93. The van der Waals surface area contributed by atoms with E-state index in [-0.39, 0.29) is 5.91 Å². The molecule has 2 rings (SSSR count). The molecule has 1 aromatic rings. The largest absolute Gasteiger partial charge is 0.480 e. The van der Waals surface area contributed by atoms with Gasteiger partial charge in [-0.3, -0.25) is 4.79 Å². The molecule has 2 unspecified atom stereocenters. The van der Waals surface area contributed by atoms with Crippen molar-refractivity contribution in [1.29, 1.82) is 0 Å². The first-order valence-electron chi connectivity index (χ1n) is 7.29. The maximum absolute atomic E-state index is 12.2. The van der Waals surface area contributed by atoms with Gasteiger partial charge in [0.05, 0.1) is 0 Å². The van der Waals surface area contributed by atoms with Crippen molar-refractivity contribution in [3.8, 4) is 0 Å². The molecule has 0 aromatic carbocycles. The molecule has 1 N–H and O–H groups in total. The van der Waals surface area contributed by atoms with Gasteiger partial charge in [0.1, 0.15) is 6.04 Å². The van der Waals surface area contributed by atoms with Gasteiger partial charge in [0, 0.05) is 19.4 Å². The Morgan fingerprint density at radius 3 is 2.86 bits per heavy atom. The molecule has 1 aliphatic rings. The maximum atomic E-state index is 12.2. The second-order valence-electron chi connectivity index (χ2n) is 5.66. The Hall–Kier alpha value is -1.92. The Bertz CT molecular complexity index is 514. The highest BCUT2D eigenvalue weighted by Gasteiger charge is 2.34. The standard InChI is InChI=1S/C14H21N3O4/c1-9-6-7-17(11(8-9)14(19)20)13(18)5-3-4-12-15-10(2)16-21-12/h9,11H,3-8H2,1-2H3,(H,19,20). The van der Waals surface area contributed by atoms with Crippen LogP contribution < -0.4 is 0 Å². The monoisotopic (exact) mass is 295 g/mol. The zero-order valence-corrected chi connectivity index (χ0v) is 12.4. The molecule has 0 radical (unpaired) electrons. The molecular weight excluding hydrogens is 274 g/mol. The molecule has 0 saturated carbocycles. The molecule has 1 amide bonds. The van der Waals surface area contributed by atoms with E-state index in [1.165, 1.54) is 4.90 Å². The quantitative estimate of drug-likeness (QED) is 0.882. The first-order valence-corrected chi connectivity index (χ1v) is 7.29. The van der Waals surface area contributed by atoms with Gasteiger partial charge in [-0.2, -0.15) is 4.98 Å². The van der Waals surface area contributed by atoms with Gasteiger partial charge < -0.3 is 14.5 Å². The van der Waals surface area contributed by atoms with Crippen LogP contribution in [0.1, 0.15) is 44.3 Å². The van der Waals surface area contributed by atoms with E-state index in [1.54, 1.807) is 6.92 Å². The summed E-state index contributed by atoms with van der Waals surface area (Å²) in [5, 5.41) is 12.9. The number of likely N-dealkylation sites (tertiary alicyclic amines) is 1. The van der Waals surface area contributed by atoms with E-state index in [0.717, 1.165) is 6.42 Å². The van der Waals surface area contributed by atoms with E-state index in [4.69, 9.17) is 4.52 Å². The average Bonchev–Trinajstić information content (AvgIpc) is 2.84. The van der Waals surface area contributed by atoms with E-state index in [0.29, 0.717) is 49.9 Å². The highest BCUT2D eigenvalue weighted by molar-refractivity contribution is 5.83. The second kappa shape index (κ2) is 6.69. The van der Waals surface area contributed by atoms with Crippen LogP contribution in [0.2, 0.25) is 0 Å². The minimum absolute atomic E-state index is 0.106. The summed E-state index contributed by atoms with van der Waals surface area (Å²) in [7, 11) is 0. The minimum Gasteiger partial charge on any atom is -0.480 e. The molecule has 116 valence electrons. The number of piperidine rings is 1. The van der Waals surface area contributed by atoms with Gasteiger partial charge in [0.2, 0.25) is 11.8 Å². The zero-order valence-electron chi connectivity index (χ0n) is 12.4. The van der Waals surface area contributed by atoms with Crippen LogP contribution in [0.3, 0.4) is 0 Å². The highest BCUT2D eigenvalue weighted by atomic mass is 16.5. The number of aliphatic carboxylic acids is 1. The molecule has 21 heavy (non-hydrogen) atoms. The number of hydrogen-bond donors (Lipinski definition) is 1. The third kappa shape index (κ3) is 4.03. The summed E-state index contributed by atoms with van der Waals surface area (Å²) in [6.45, 7) is 4.29. The summed E-state index contributed by atoms with van der Waals surface area (Å²) >= 11 is 0. The molecule has 2 atom stereocenters. The van der Waals surface area contributed by atoms with Crippen LogP contribution in [0.4, 0.5) is 0 Å². The third-order valence-electron chi connectivity index (χ3n) is 3.82. The Morgan fingerprint density at radius 1 is 1.48 bits per heavy atom. The lowest BCUT2D eigenvalue weighted by atomic mass is 9.92.